The molecule has 4 heteroatoms. The second kappa shape index (κ2) is 6.68. The highest BCUT2D eigenvalue weighted by molar-refractivity contribution is 5.75. The van der Waals surface area contributed by atoms with Crippen LogP contribution in [0.2, 0.25) is 0 Å². The summed E-state index contributed by atoms with van der Waals surface area (Å²) in [6, 6.07) is 17.3. The van der Waals surface area contributed by atoms with Gasteiger partial charge in [0.2, 0.25) is 5.76 Å². The molecule has 0 saturated heterocycles. The Morgan fingerprint density at radius 3 is 2.77 bits per heavy atom. The van der Waals surface area contributed by atoms with Crippen LogP contribution >= 0.6 is 0 Å². The van der Waals surface area contributed by atoms with Crippen LogP contribution in [0.1, 0.15) is 41.9 Å². The Kier molecular flexibility index (Phi) is 4.22. The molecule has 26 heavy (non-hydrogen) atoms. The summed E-state index contributed by atoms with van der Waals surface area (Å²) in [6.07, 6.45) is 5.22. The second-order valence-electron chi connectivity index (χ2n) is 6.96. The molecule has 2 aromatic rings. The van der Waals surface area contributed by atoms with Crippen LogP contribution in [0, 0.1) is 18.3 Å². The van der Waals surface area contributed by atoms with Gasteiger partial charge in [0.25, 0.3) is 6.47 Å². The fourth-order valence-electron chi connectivity index (χ4n) is 4.30. The first-order valence-corrected chi connectivity index (χ1v) is 8.93. The van der Waals surface area contributed by atoms with Crippen LogP contribution in [0.5, 0.6) is 0 Å². The molecule has 0 spiro atoms. The van der Waals surface area contributed by atoms with Gasteiger partial charge in [-0.3, -0.25) is 4.79 Å². The maximum Gasteiger partial charge on any atom is 0.299 e. The lowest BCUT2D eigenvalue weighted by Gasteiger charge is -2.27. The Balaban J connectivity index is 1.76. The molecular weight excluding hydrogens is 324 g/mol. The standard InChI is InChI=1S/C22H20N2O2/c1-15-5-8-17(9-6-15)24-21-4-2-3-19(21)20-12-16(7-10-22(20)24)11-18(13-23)26-14-25/h5-12,14,19,21H,2-4H2,1H3/b18-11-. The minimum Gasteiger partial charge on any atom is -0.417 e. The normalized spacial score (nSPS) is 21.1. The van der Waals surface area contributed by atoms with E-state index in [-0.39, 0.29) is 12.2 Å². The first-order chi connectivity index (χ1) is 12.7. The van der Waals surface area contributed by atoms with Crippen molar-refractivity contribution in [2.45, 2.75) is 38.1 Å². The van der Waals surface area contributed by atoms with E-state index in [2.05, 4.69) is 48.2 Å². The molecule has 2 aromatic carbocycles. The maximum atomic E-state index is 10.5. The van der Waals surface area contributed by atoms with Crippen LogP contribution in [0.3, 0.4) is 0 Å². The van der Waals surface area contributed by atoms with Gasteiger partial charge in [0.05, 0.1) is 0 Å². The molecule has 4 rings (SSSR count). The van der Waals surface area contributed by atoms with Crippen LogP contribution in [0.4, 0.5) is 11.4 Å². The molecule has 4 nitrogen and oxygen atoms in total. The Hall–Kier alpha value is -3.06. The van der Waals surface area contributed by atoms with Gasteiger partial charge in [0, 0.05) is 23.3 Å². The number of ether oxygens (including phenoxy) is 1. The number of hydrogen-bond donors (Lipinski definition) is 0. The largest absolute Gasteiger partial charge is 0.417 e. The summed E-state index contributed by atoms with van der Waals surface area (Å²) in [6.45, 7) is 2.39. The zero-order chi connectivity index (χ0) is 18.1. The van der Waals surface area contributed by atoms with Crippen molar-refractivity contribution in [2.24, 2.45) is 0 Å². The van der Waals surface area contributed by atoms with Crippen molar-refractivity contribution in [2.75, 3.05) is 4.90 Å². The van der Waals surface area contributed by atoms with Crippen molar-refractivity contribution >= 4 is 23.9 Å². The average molecular weight is 344 g/mol. The maximum absolute atomic E-state index is 10.5. The van der Waals surface area contributed by atoms with E-state index in [1.807, 2.05) is 12.1 Å². The number of fused-ring (bicyclic) bond motifs is 3. The number of benzene rings is 2. The third-order valence-electron chi connectivity index (χ3n) is 5.42. The lowest BCUT2D eigenvalue weighted by molar-refractivity contribution is -0.124. The van der Waals surface area contributed by atoms with Crippen LogP contribution < -0.4 is 4.90 Å². The summed E-state index contributed by atoms with van der Waals surface area (Å²) in [5.41, 5.74) is 5.95. The van der Waals surface area contributed by atoms with Gasteiger partial charge >= 0.3 is 0 Å². The highest BCUT2D eigenvalue weighted by atomic mass is 16.5. The molecule has 0 bridgehead atoms. The van der Waals surface area contributed by atoms with Crippen LogP contribution in [0.25, 0.3) is 6.08 Å². The molecule has 130 valence electrons. The van der Waals surface area contributed by atoms with Crippen molar-refractivity contribution in [1.82, 2.24) is 0 Å². The first-order valence-electron chi connectivity index (χ1n) is 8.93. The van der Waals surface area contributed by atoms with Gasteiger partial charge in [-0.15, -0.1) is 0 Å². The lowest BCUT2D eigenvalue weighted by Crippen LogP contribution is -2.26. The van der Waals surface area contributed by atoms with Crippen LogP contribution in [0.15, 0.2) is 48.2 Å². The Labute approximate surface area is 153 Å². The Morgan fingerprint density at radius 2 is 2.04 bits per heavy atom. The van der Waals surface area contributed by atoms with Gasteiger partial charge < -0.3 is 9.64 Å². The summed E-state index contributed by atoms with van der Waals surface area (Å²) >= 11 is 0. The van der Waals surface area contributed by atoms with E-state index in [0.717, 1.165) is 5.56 Å². The van der Waals surface area contributed by atoms with E-state index in [0.29, 0.717) is 12.0 Å². The van der Waals surface area contributed by atoms with E-state index in [4.69, 9.17) is 10.00 Å². The molecule has 1 saturated carbocycles. The van der Waals surface area contributed by atoms with E-state index in [1.165, 1.54) is 41.8 Å². The number of carbonyl (C=O) groups is 1. The molecule has 1 fully saturated rings. The third-order valence-corrected chi connectivity index (χ3v) is 5.42. The molecule has 0 N–H and O–H groups in total. The molecule has 2 unspecified atom stereocenters. The van der Waals surface area contributed by atoms with Crippen LogP contribution in [-0.4, -0.2) is 12.5 Å². The highest BCUT2D eigenvalue weighted by Crippen LogP contribution is 2.52. The first kappa shape index (κ1) is 16.4. The summed E-state index contributed by atoms with van der Waals surface area (Å²) in [5, 5.41) is 9.06. The monoisotopic (exact) mass is 344 g/mol. The van der Waals surface area contributed by atoms with Gasteiger partial charge in [0.1, 0.15) is 6.07 Å². The number of nitriles is 1. The average Bonchev–Trinajstić information content (AvgIpc) is 3.23. The fourth-order valence-corrected chi connectivity index (χ4v) is 4.30. The quantitative estimate of drug-likeness (QED) is 0.453. The zero-order valence-corrected chi connectivity index (χ0v) is 14.7. The van der Waals surface area contributed by atoms with Crippen LogP contribution in [-0.2, 0) is 9.53 Å². The number of nitrogens with zero attached hydrogens (tertiary/aromatic N) is 2. The zero-order valence-electron chi connectivity index (χ0n) is 14.7. The number of allylic oxidation sites excluding steroid dienone is 1. The molecule has 0 radical (unpaired) electrons. The van der Waals surface area contributed by atoms with Crippen molar-refractivity contribution in [1.29, 1.82) is 5.26 Å². The van der Waals surface area contributed by atoms with E-state index < -0.39 is 0 Å². The van der Waals surface area contributed by atoms with Gasteiger partial charge in [0.15, 0.2) is 0 Å². The third kappa shape index (κ3) is 2.76. The number of rotatable bonds is 4. The molecular formula is C22H20N2O2. The van der Waals surface area contributed by atoms with Crippen molar-refractivity contribution < 1.29 is 9.53 Å². The number of anilines is 2. The van der Waals surface area contributed by atoms with Gasteiger partial charge in [-0.1, -0.05) is 30.2 Å². The number of hydrogen-bond acceptors (Lipinski definition) is 4. The minimum absolute atomic E-state index is 0.0105. The Bertz CT molecular complexity index is 909. The van der Waals surface area contributed by atoms with Crippen molar-refractivity contribution in [3.63, 3.8) is 0 Å². The summed E-state index contributed by atoms with van der Waals surface area (Å²) in [4.78, 5) is 13.0. The number of aryl methyl sites for hydroxylation is 1. The number of carbonyl (C=O) groups excluding carboxylic acids is 1. The molecule has 0 amide bonds. The minimum atomic E-state index is 0.0105. The SMILES string of the molecule is Cc1ccc(N2c3ccc(/C=C(/C#N)OC=O)cc3C3CCCC32)cc1. The van der Waals surface area contributed by atoms with E-state index in [1.54, 1.807) is 6.08 Å². The molecule has 2 aliphatic rings. The highest BCUT2D eigenvalue weighted by Gasteiger charge is 2.41. The fraction of sp³-hybridized carbons (Fsp3) is 0.273. The summed E-state index contributed by atoms with van der Waals surface area (Å²) in [5.74, 6) is 0.522. The predicted molar refractivity (Wildman–Crippen MR) is 101 cm³/mol. The lowest BCUT2D eigenvalue weighted by atomic mass is 9.96. The molecule has 1 aliphatic heterocycles. The molecule has 0 aromatic heterocycles. The van der Waals surface area contributed by atoms with Gasteiger partial charge in [-0.2, -0.15) is 5.26 Å². The molecule has 1 heterocycles. The molecule has 2 atom stereocenters. The van der Waals surface area contributed by atoms with Gasteiger partial charge in [-0.25, -0.2) is 0 Å². The topological polar surface area (TPSA) is 53.3 Å². The van der Waals surface area contributed by atoms with Crippen molar-refractivity contribution in [3.8, 4) is 6.07 Å². The predicted octanol–water partition coefficient (Wildman–Crippen LogP) is 4.82. The Morgan fingerprint density at radius 1 is 1.23 bits per heavy atom. The summed E-state index contributed by atoms with van der Waals surface area (Å²) < 4.78 is 4.71. The van der Waals surface area contributed by atoms with Crippen molar-refractivity contribution in [3.05, 3.63) is 64.9 Å². The molecule has 1 aliphatic carbocycles. The van der Waals surface area contributed by atoms with Gasteiger partial charge in [-0.05, 0) is 61.2 Å². The second-order valence-corrected chi connectivity index (χ2v) is 6.96. The smallest absolute Gasteiger partial charge is 0.299 e. The summed E-state index contributed by atoms with van der Waals surface area (Å²) in [7, 11) is 0. The van der Waals surface area contributed by atoms with E-state index in [9.17, 15) is 4.79 Å². The van der Waals surface area contributed by atoms with E-state index >= 15 is 0 Å².